The van der Waals surface area contributed by atoms with Gasteiger partial charge in [0.25, 0.3) is 5.69 Å². The summed E-state index contributed by atoms with van der Waals surface area (Å²) < 4.78 is 4.41. The number of nitrogens with zero attached hydrogens (tertiary/aromatic N) is 2. The number of carbonyl (C=O) groups is 1. The van der Waals surface area contributed by atoms with Gasteiger partial charge in [-0.15, -0.1) is 12.6 Å². The van der Waals surface area contributed by atoms with Gasteiger partial charge >= 0.3 is 5.97 Å². The molecule has 0 aliphatic carbocycles. The Morgan fingerprint density at radius 2 is 2.25 bits per heavy atom. The second kappa shape index (κ2) is 4.63. The summed E-state index contributed by atoms with van der Waals surface area (Å²) >= 11 is 3.86. The third kappa shape index (κ3) is 2.12. The van der Waals surface area contributed by atoms with E-state index in [1.807, 2.05) is 0 Å². The molecule has 0 saturated carbocycles. The molecule has 0 amide bonds. The highest BCUT2D eigenvalue weighted by Crippen LogP contribution is 2.27. The Hall–Kier alpha value is -2.07. The predicted molar refractivity (Wildman–Crippen MR) is 56.4 cm³/mol. The minimum atomic E-state index is -0.743. The fourth-order valence-electron chi connectivity index (χ4n) is 1.08. The number of nitriles is 1. The first-order valence-corrected chi connectivity index (χ1v) is 4.45. The third-order valence-electron chi connectivity index (χ3n) is 1.83. The van der Waals surface area contributed by atoms with Crippen LogP contribution in [0.3, 0.4) is 0 Å². The van der Waals surface area contributed by atoms with E-state index >= 15 is 0 Å². The van der Waals surface area contributed by atoms with E-state index in [0.717, 1.165) is 13.2 Å². The third-order valence-corrected chi connectivity index (χ3v) is 2.30. The molecule has 1 rings (SSSR count). The zero-order chi connectivity index (χ0) is 12.3. The van der Waals surface area contributed by atoms with Crippen molar-refractivity contribution >= 4 is 24.3 Å². The second-order valence-electron chi connectivity index (χ2n) is 2.75. The van der Waals surface area contributed by atoms with Gasteiger partial charge in [-0.2, -0.15) is 5.26 Å². The molecule has 0 saturated heterocycles. The van der Waals surface area contributed by atoms with Gasteiger partial charge in [0, 0.05) is 6.07 Å². The first-order chi connectivity index (χ1) is 7.51. The van der Waals surface area contributed by atoms with Crippen LogP contribution in [-0.4, -0.2) is 18.0 Å². The summed E-state index contributed by atoms with van der Waals surface area (Å²) in [6.07, 6.45) is 0. The number of rotatable bonds is 2. The Balaban J connectivity index is 3.47. The molecule has 0 aliphatic heterocycles. The average Bonchev–Trinajstić information content (AvgIpc) is 2.27. The van der Waals surface area contributed by atoms with E-state index in [1.54, 1.807) is 6.07 Å². The minimum absolute atomic E-state index is 0.0436. The summed E-state index contributed by atoms with van der Waals surface area (Å²) in [7, 11) is 1.15. The molecule has 0 unspecified atom stereocenters. The molecule has 1 aromatic carbocycles. The van der Waals surface area contributed by atoms with E-state index in [0.29, 0.717) is 0 Å². The Morgan fingerprint density at radius 1 is 1.62 bits per heavy atom. The minimum Gasteiger partial charge on any atom is -0.465 e. The molecule has 0 fully saturated rings. The predicted octanol–water partition coefficient (Wildman–Crippen LogP) is 1.54. The molecule has 0 bridgehead atoms. The summed E-state index contributed by atoms with van der Waals surface area (Å²) in [5, 5.41) is 19.4. The van der Waals surface area contributed by atoms with Gasteiger partial charge in [-0.25, -0.2) is 4.79 Å². The van der Waals surface area contributed by atoms with E-state index in [2.05, 4.69) is 17.4 Å². The first kappa shape index (κ1) is 12.0. The van der Waals surface area contributed by atoms with Gasteiger partial charge in [-0.05, 0) is 6.07 Å². The van der Waals surface area contributed by atoms with Crippen LogP contribution in [0.15, 0.2) is 17.0 Å². The number of esters is 1. The lowest BCUT2D eigenvalue weighted by molar-refractivity contribution is -0.387. The molecular formula is C9H6N2O4S. The molecule has 0 aliphatic rings. The highest BCUT2D eigenvalue weighted by Gasteiger charge is 2.20. The van der Waals surface area contributed by atoms with Gasteiger partial charge in [-0.3, -0.25) is 10.1 Å². The molecule has 0 N–H and O–H groups in total. The van der Waals surface area contributed by atoms with Crippen molar-refractivity contribution in [3.8, 4) is 6.07 Å². The van der Waals surface area contributed by atoms with Crippen molar-refractivity contribution in [2.45, 2.75) is 4.90 Å². The maximum atomic E-state index is 11.2. The number of benzene rings is 1. The lowest BCUT2D eigenvalue weighted by Crippen LogP contribution is -2.04. The van der Waals surface area contributed by atoms with Crippen molar-refractivity contribution in [1.82, 2.24) is 0 Å². The van der Waals surface area contributed by atoms with E-state index < -0.39 is 16.6 Å². The summed E-state index contributed by atoms with van der Waals surface area (Å²) in [5.74, 6) is -0.743. The SMILES string of the molecule is COC(=O)c1cc(C#N)c(S)c([N+](=O)[O-])c1. The molecule has 1 aromatic rings. The quantitative estimate of drug-likeness (QED) is 0.365. The van der Waals surface area contributed by atoms with Crippen molar-refractivity contribution in [3.63, 3.8) is 0 Å². The molecule has 16 heavy (non-hydrogen) atoms. The van der Waals surface area contributed by atoms with Crippen LogP contribution in [0.4, 0.5) is 5.69 Å². The monoisotopic (exact) mass is 238 g/mol. The van der Waals surface area contributed by atoms with Crippen molar-refractivity contribution in [3.05, 3.63) is 33.4 Å². The Kier molecular flexibility index (Phi) is 3.48. The molecule has 7 heteroatoms. The summed E-state index contributed by atoms with van der Waals surface area (Å²) in [5.41, 5.74) is -0.496. The zero-order valence-corrected chi connectivity index (χ0v) is 9.02. The molecule has 0 spiro atoms. The number of hydrogen-bond acceptors (Lipinski definition) is 6. The van der Waals surface area contributed by atoms with Gasteiger partial charge in [0.2, 0.25) is 0 Å². The second-order valence-corrected chi connectivity index (χ2v) is 3.20. The molecule has 0 atom stereocenters. The van der Waals surface area contributed by atoms with Gasteiger partial charge in [0.15, 0.2) is 0 Å². The van der Waals surface area contributed by atoms with Crippen LogP contribution in [0.5, 0.6) is 0 Å². The van der Waals surface area contributed by atoms with Crippen LogP contribution in [0.25, 0.3) is 0 Å². The van der Waals surface area contributed by atoms with Crippen LogP contribution < -0.4 is 0 Å². The number of methoxy groups -OCH3 is 1. The fraction of sp³-hybridized carbons (Fsp3) is 0.111. The number of hydrogen-bond donors (Lipinski definition) is 1. The largest absolute Gasteiger partial charge is 0.465 e. The molecular weight excluding hydrogens is 232 g/mol. The van der Waals surface area contributed by atoms with E-state index in [1.165, 1.54) is 6.07 Å². The maximum absolute atomic E-state index is 11.2. The zero-order valence-electron chi connectivity index (χ0n) is 8.13. The molecule has 82 valence electrons. The number of thiol groups is 1. The van der Waals surface area contributed by atoms with E-state index in [9.17, 15) is 14.9 Å². The van der Waals surface area contributed by atoms with Crippen molar-refractivity contribution in [2.24, 2.45) is 0 Å². The first-order valence-electron chi connectivity index (χ1n) is 4.01. The fourth-order valence-corrected chi connectivity index (χ4v) is 1.34. The number of ether oxygens (including phenoxy) is 1. The Labute approximate surface area is 96.0 Å². The summed E-state index contributed by atoms with van der Waals surface area (Å²) in [6, 6.07) is 3.94. The van der Waals surface area contributed by atoms with Crippen molar-refractivity contribution in [1.29, 1.82) is 5.26 Å². The molecule has 0 radical (unpaired) electrons. The van der Waals surface area contributed by atoms with Crippen LogP contribution in [0, 0.1) is 21.4 Å². The lowest BCUT2D eigenvalue weighted by atomic mass is 10.1. The Morgan fingerprint density at radius 3 is 2.69 bits per heavy atom. The number of nitro benzene ring substituents is 1. The average molecular weight is 238 g/mol. The lowest BCUT2D eigenvalue weighted by Gasteiger charge is -2.02. The van der Waals surface area contributed by atoms with Crippen molar-refractivity contribution in [2.75, 3.05) is 7.11 Å². The standard InChI is InChI=1S/C9H6N2O4S/c1-15-9(12)5-2-6(4-10)8(16)7(3-5)11(13)14/h2-3,16H,1H3. The van der Waals surface area contributed by atoms with Crippen LogP contribution >= 0.6 is 12.6 Å². The number of nitro groups is 1. The molecule has 0 heterocycles. The summed E-state index contributed by atoms with van der Waals surface area (Å²) in [4.78, 5) is 21.1. The van der Waals surface area contributed by atoms with Gasteiger partial charge in [0.05, 0.1) is 28.1 Å². The van der Waals surface area contributed by atoms with Crippen molar-refractivity contribution < 1.29 is 14.5 Å². The summed E-state index contributed by atoms with van der Waals surface area (Å²) in [6.45, 7) is 0. The topological polar surface area (TPSA) is 93.2 Å². The normalized spacial score (nSPS) is 9.31. The van der Waals surface area contributed by atoms with Crippen LogP contribution in [0.2, 0.25) is 0 Å². The van der Waals surface area contributed by atoms with Gasteiger partial charge in [-0.1, -0.05) is 0 Å². The molecule has 6 nitrogen and oxygen atoms in total. The van der Waals surface area contributed by atoms with E-state index in [-0.39, 0.29) is 16.0 Å². The van der Waals surface area contributed by atoms with Gasteiger partial charge < -0.3 is 4.74 Å². The van der Waals surface area contributed by atoms with Gasteiger partial charge in [0.1, 0.15) is 6.07 Å². The Bertz CT molecular complexity index is 507. The van der Waals surface area contributed by atoms with Crippen LogP contribution in [0.1, 0.15) is 15.9 Å². The highest BCUT2D eigenvalue weighted by molar-refractivity contribution is 7.80. The maximum Gasteiger partial charge on any atom is 0.338 e. The van der Waals surface area contributed by atoms with E-state index in [4.69, 9.17) is 5.26 Å². The smallest absolute Gasteiger partial charge is 0.338 e. The molecule has 0 aromatic heterocycles. The number of carbonyl (C=O) groups excluding carboxylic acids is 1. The van der Waals surface area contributed by atoms with Crippen LogP contribution in [-0.2, 0) is 4.74 Å². The highest BCUT2D eigenvalue weighted by atomic mass is 32.1.